The Labute approximate surface area is 96.4 Å². The van der Waals surface area contributed by atoms with Crippen molar-refractivity contribution >= 4 is 0 Å². The Morgan fingerprint density at radius 3 is 2.75 bits per heavy atom. The molecule has 0 heterocycles. The van der Waals surface area contributed by atoms with Gasteiger partial charge in [0.25, 0.3) is 0 Å². The molecule has 1 saturated carbocycles. The molecule has 1 aromatic rings. The maximum atomic E-state index is 5.89. The molecule has 2 aliphatic rings. The van der Waals surface area contributed by atoms with Crippen LogP contribution in [0, 0.1) is 11.8 Å². The topological polar surface area (TPSA) is 9.23 Å². The molecule has 0 aliphatic heterocycles. The van der Waals surface area contributed by atoms with E-state index in [9.17, 15) is 0 Å². The van der Waals surface area contributed by atoms with Gasteiger partial charge in [-0.1, -0.05) is 42.0 Å². The van der Waals surface area contributed by atoms with Crippen LogP contribution in [-0.2, 0) is 11.3 Å². The molecular formula is C15H16O. The Balaban J connectivity index is 1.65. The van der Waals surface area contributed by atoms with Gasteiger partial charge in [-0.05, 0) is 30.9 Å². The van der Waals surface area contributed by atoms with Crippen LogP contribution in [-0.4, -0.2) is 0 Å². The number of hydrogen-bond acceptors (Lipinski definition) is 1. The SMILES string of the molecule is CC1=CC=C(OCc2ccccc2)C2CC12. The number of rotatable bonds is 3. The lowest BCUT2D eigenvalue weighted by Gasteiger charge is -2.13. The third kappa shape index (κ3) is 1.78. The fourth-order valence-corrected chi connectivity index (χ4v) is 2.37. The molecule has 0 aromatic heterocycles. The van der Waals surface area contributed by atoms with Crippen LogP contribution in [0.1, 0.15) is 18.9 Å². The van der Waals surface area contributed by atoms with Gasteiger partial charge >= 0.3 is 0 Å². The standard InChI is InChI=1S/C15H16O/c1-11-7-8-15(14-9-13(11)14)16-10-12-5-3-2-4-6-12/h2-8,13-14H,9-10H2,1H3. The van der Waals surface area contributed by atoms with Crippen molar-refractivity contribution in [2.75, 3.05) is 0 Å². The van der Waals surface area contributed by atoms with Crippen molar-refractivity contribution in [2.45, 2.75) is 20.0 Å². The zero-order valence-electron chi connectivity index (χ0n) is 9.52. The maximum Gasteiger partial charge on any atom is 0.113 e. The van der Waals surface area contributed by atoms with Gasteiger partial charge in [0.15, 0.2) is 0 Å². The van der Waals surface area contributed by atoms with E-state index in [1.54, 1.807) is 0 Å². The first-order valence-corrected chi connectivity index (χ1v) is 5.89. The molecule has 16 heavy (non-hydrogen) atoms. The molecule has 0 radical (unpaired) electrons. The van der Waals surface area contributed by atoms with E-state index in [0.717, 1.165) is 5.92 Å². The molecule has 0 saturated heterocycles. The molecule has 3 rings (SSSR count). The Bertz CT molecular complexity index is 442. The van der Waals surface area contributed by atoms with Crippen LogP contribution >= 0.6 is 0 Å². The molecule has 1 fully saturated rings. The Morgan fingerprint density at radius 2 is 1.94 bits per heavy atom. The normalized spacial score (nSPS) is 26.6. The third-order valence-corrected chi connectivity index (χ3v) is 3.50. The smallest absolute Gasteiger partial charge is 0.113 e. The predicted octanol–water partition coefficient (Wildman–Crippen LogP) is 3.68. The highest BCUT2D eigenvalue weighted by atomic mass is 16.5. The molecule has 1 aromatic carbocycles. The van der Waals surface area contributed by atoms with Gasteiger partial charge in [0.2, 0.25) is 0 Å². The summed E-state index contributed by atoms with van der Waals surface area (Å²) in [4.78, 5) is 0. The van der Waals surface area contributed by atoms with Crippen molar-refractivity contribution in [1.29, 1.82) is 0 Å². The van der Waals surface area contributed by atoms with Gasteiger partial charge in [-0.2, -0.15) is 0 Å². The third-order valence-electron chi connectivity index (χ3n) is 3.50. The summed E-state index contributed by atoms with van der Waals surface area (Å²) in [7, 11) is 0. The molecule has 0 N–H and O–H groups in total. The zero-order valence-corrected chi connectivity index (χ0v) is 9.52. The zero-order chi connectivity index (χ0) is 11.0. The summed E-state index contributed by atoms with van der Waals surface area (Å²) in [6.45, 7) is 2.91. The monoisotopic (exact) mass is 212 g/mol. The van der Waals surface area contributed by atoms with Crippen molar-refractivity contribution < 1.29 is 4.74 Å². The first kappa shape index (κ1) is 9.71. The lowest BCUT2D eigenvalue weighted by Crippen LogP contribution is -2.00. The average Bonchev–Trinajstić information content (AvgIpc) is 3.11. The van der Waals surface area contributed by atoms with Crippen LogP contribution in [0.4, 0.5) is 0 Å². The molecule has 1 heteroatoms. The van der Waals surface area contributed by atoms with Gasteiger partial charge in [-0.25, -0.2) is 0 Å². The number of allylic oxidation sites excluding steroid dienone is 4. The highest BCUT2D eigenvalue weighted by Crippen LogP contribution is 2.51. The number of hydrogen-bond donors (Lipinski definition) is 0. The molecule has 2 unspecified atom stereocenters. The first-order valence-electron chi connectivity index (χ1n) is 5.89. The minimum Gasteiger partial charge on any atom is -0.493 e. The summed E-state index contributed by atoms with van der Waals surface area (Å²) >= 11 is 0. The van der Waals surface area contributed by atoms with E-state index in [4.69, 9.17) is 4.74 Å². The van der Waals surface area contributed by atoms with Crippen molar-refractivity contribution in [2.24, 2.45) is 11.8 Å². The van der Waals surface area contributed by atoms with E-state index in [1.807, 2.05) is 6.07 Å². The van der Waals surface area contributed by atoms with E-state index >= 15 is 0 Å². The molecule has 0 bridgehead atoms. The van der Waals surface area contributed by atoms with Gasteiger partial charge in [0, 0.05) is 5.92 Å². The average molecular weight is 212 g/mol. The predicted molar refractivity (Wildman–Crippen MR) is 64.7 cm³/mol. The van der Waals surface area contributed by atoms with Crippen LogP contribution in [0.15, 0.2) is 53.8 Å². The minimum absolute atomic E-state index is 0.675. The van der Waals surface area contributed by atoms with Crippen LogP contribution in [0.3, 0.4) is 0 Å². The Morgan fingerprint density at radius 1 is 1.12 bits per heavy atom. The second-order valence-corrected chi connectivity index (χ2v) is 4.70. The van der Waals surface area contributed by atoms with Gasteiger partial charge in [-0.3, -0.25) is 0 Å². The van der Waals surface area contributed by atoms with E-state index in [0.29, 0.717) is 12.5 Å². The van der Waals surface area contributed by atoms with Crippen molar-refractivity contribution in [3.05, 3.63) is 59.4 Å². The molecular weight excluding hydrogens is 196 g/mol. The van der Waals surface area contributed by atoms with Crippen molar-refractivity contribution in [3.8, 4) is 0 Å². The maximum absolute atomic E-state index is 5.89. The van der Waals surface area contributed by atoms with E-state index in [2.05, 4.69) is 43.3 Å². The summed E-state index contributed by atoms with van der Waals surface area (Å²) in [6, 6.07) is 10.4. The summed E-state index contributed by atoms with van der Waals surface area (Å²) in [5.74, 6) is 2.63. The summed E-state index contributed by atoms with van der Waals surface area (Å²) in [5, 5.41) is 0. The van der Waals surface area contributed by atoms with Gasteiger partial charge in [0.1, 0.15) is 12.4 Å². The van der Waals surface area contributed by atoms with Gasteiger partial charge in [0.05, 0.1) is 0 Å². The summed E-state index contributed by atoms with van der Waals surface area (Å²) < 4.78 is 5.89. The van der Waals surface area contributed by atoms with Crippen molar-refractivity contribution in [1.82, 2.24) is 0 Å². The molecule has 0 amide bonds. The van der Waals surface area contributed by atoms with E-state index in [1.165, 1.54) is 23.3 Å². The molecule has 2 atom stereocenters. The van der Waals surface area contributed by atoms with Crippen LogP contribution < -0.4 is 0 Å². The van der Waals surface area contributed by atoms with Gasteiger partial charge in [-0.15, -0.1) is 0 Å². The van der Waals surface area contributed by atoms with E-state index < -0.39 is 0 Å². The largest absolute Gasteiger partial charge is 0.493 e. The fraction of sp³-hybridized carbons (Fsp3) is 0.333. The highest BCUT2D eigenvalue weighted by Gasteiger charge is 2.43. The molecule has 82 valence electrons. The molecule has 0 spiro atoms. The van der Waals surface area contributed by atoms with Crippen molar-refractivity contribution in [3.63, 3.8) is 0 Å². The van der Waals surface area contributed by atoms with Gasteiger partial charge < -0.3 is 4.74 Å². The van der Waals surface area contributed by atoms with Crippen LogP contribution in [0.25, 0.3) is 0 Å². The van der Waals surface area contributed by atoms with E-state index in [-0.39, 0.29) is 0 Å². The number of benzene rings is 1. The number of ether oxygens (including phenoxy) is 1. The lowest BCUT2D eigenvalue weighted by atomic mass is 10.1. The van der Waals surface area contributed by atoms with Crippen LogP contribution in [0.2, 0.25) is 0 Å². The second kappa shape index (κ2) is 3.82. The first-order chi connectivity index (χ1) is 7.84. The lowest BCUT2D eigenvalue weighted by molar-refractivity contribution is 0.181. The fourth-order valence-electron chi connectivity index (χ4n) is 2.37. The summed E-state index contributed by atoms with van der Waals surface area (Å²) in [6.07, 6.45) is 5.63. The molecule has 1 nitrogen and oxygen atoms in total. The number of fused-ring (bicyclic) bond motifs is 1. The molecule has 2 aliphatic carbocycles. The quantitative estimate of drug-likeness (QED) is 0.742. The Hall–Kier alpha value is -1.50. The Kier molecular flexibility index (Phi) is 2.32. The minimum atomic E-state index is 0.675. The summed E-state index contributed by atoms with van der Waals surface area (Å²) in [5.41, 5.74) is 2.75. The van der Waals surface area contributed by atoms with Crippen LogP contribution in [0.5, 0.6) is 0 Å². The highest BCUT2D eigenvalue weighted by molar-refractivity contribution is 5.32. The second-order valence-electron chi connectivity index (χ2n) is 4.70.